The van der Waals surface area contributed by atoms with Crippen molar-refractivity contribution in [3.05, 3.63) is 0 Å². The highest BCUT2D eigenvalue weighted by Gasteiger charge is 2.51. The minimum absolute atomic E-state index is 0.116. The van der Waals surface area contributed by atoms with Gasteiger partial charge in [-0.05, 0) is 0 Å². The maximum Gasteiger partial charge on any atom is 0.176 e. The molecule has 0 aliphatic carbocycles. The van der Waals surface area contributed by atoms with E-state index in [0.717, 1.165) is 0 Å². The normalized spacial score (nSPS) is 52.5. The molecule has 0 amide bonds. The SMILES string of the molecule is NCC1O[C@H](O[C@@H]2C(CN)O[C@H](O[C@@H]3C(CN)O[C@H](O)[C@@H](N)C3O)[C@@H](N)C2O)[C@@H](N)C(O)[C@@H]1O. The Morgan fingerprint density at radius 3 is 1.44 bits per heavy atom. The Kier molecular flexibility index (Phi) is 9.54. The van der Waals surface area contributed by atoms with Crippen LogP contribution >= 0.6 is 0 Å². The van der Waals surface area contributed by atoms with Gasteiger partial charge in [0.25, 0.3) is 0 Å². The number of aliphatic hydroxyl groups is 5. The third kappa shape index (κ3) is 5.37. The quantitative estimate of drug-likeness (QED) is 0.155. The topological polar surface area (TPSA) is 303 Å². The lowest BCUT2D eigenvalue weighted by atomic mass is 9.94. The minimum Gasteiger partial charge on any atom is -0.388 e. The van der Waals surface area contributed by atoms with Gasteiger partial charge in [-0.15, -0.1) is 0 Å². The number of rotatable bonds is 7. The molecule has 0 bridgehead atoms. The van der Waals surface area contributed by atoms with E-state index in [1.807, 2.05) is 0 Å². The second-order valence-electron chi connectivity index (χ2n) is 8.75. The highest BCUT2D eigenvalue weighted by molar-refractivity contribution is 4.99. The first-order valence-corrected chi connectivity index (χ1v) is 11.1. The first-order chi connectivity index (χ1) is 16.0. The fourth-order valence-electron chi connectivity index (χ4n) is 4.31. The largest absolute Gasteiger partial charge is 0.388 e. The van der Waals surface area contributed by atoms with E-state index >= 15 is 0 Å². The average Bonchev–Trinajstić information content (AvgIpc) is 2.83. The molecule has 0 saturated carbocycles. The van der Waals surface area contributed by atoms with Crippen molar-refractivity contribution in [2.45, 2.75) is 91.9 Å². The fourth-order valence-corrected chi connectivity index (χ4v) is 4.31. The molecule has 3 fully saturated rings. The summed E-state index contributed by atoms with van der Waals surface area (Å²) >= 11 is 0. The summed E-state index contributed by atoms with van der Waals surface area (Å²) in [6.45, 7) is -0.380. The molecule has 3 aliphatic heterocycles. The van der Waals surface area contributed by atoms with E-state index in [0.29, 0.717) is 0 Å². The van der Waals surface area contributed by atoms with Crippen LogP contribution in [0.3, 0.4) is 0 Å². The zero-order chi connectivity index (χ0) is 25.3. The molecule has 3 rings (SSSR count). The van der Waals surface area contributed by atoms with Gasteiger partial charge in [-0.3, -0.25) is 0 Å². The second kappa shape index (κ2) is 11.6. The van der Waals surface area contributed by atoms with Crippen LogP contribution in [0.2, 0.25) is 0 Å². The van der Waals surface area contributed by atoms with Crippen molar-refractivity contribution in [1.29, 1.82) is 0 Å². The molecule has 16 heteroatoms. The van der Waals surface area contributed by atoms with Crippen LogP contribution in [-0.2, 0) is 23.7 Å². The number of aliphatic hydroxyl groups excluding tert-OH is 5. The van der Waals surface area contributed by atoms with Gasteiger partial charge in [0.05, 0.1) is 18.1 Å². The summed E-state index contributed by atoms with van der Waals surface area (Å²) in [5, 5.41) is 51.4. The summed E-state index contributed by atoms with van der Waals surface area (Å²) in [5.41, 5.74) is 34.9. The van der Waals surface area contributed by atoms with Gasteiger partial charge in [0.15, 0.2) is 18.9 Å². The van der Waals surface area contributed by atoms with E-state index in [1.165, 1.54) is 0 Å². The smallest absolute Gasteiger partial charge is 0.176 e. The van der Waals surface area contributed by atoms with Crippen molar-refractivity contribution in [3.63, 3.8) is 0 Å². The molecule has 3 saturated heterocycles. The molecule has 0 radical (unpaired) electrons. The van der Waals surface area contributed by atoms with E-state index in [4.69, 9.17) is 58.1 Å². The van der Waals surface area contributed by atoms with Gasteiger partial charge >= 0.3 is 0 Å². The van der Waals surface area contributed by atoms with E-state index < -0.39 is 91.9 Å². The van der Waals surface area contributed by atoms with Crippen molar-refractivity contribution < 1.29 is 49.2 Å². The van der Waals surface area contributed by atoms with Gasteiger partial charge in [-0.25, -0.2) is 0 Å². The van der Waals surface area contributed by atoms with E-state index in [2.05, 4.69) is 0 Å². The molecule has 0 aromatic carbocycles. The predicted molar refractivity (Wildman–Crippen MR) is 113 cm³/mol. The Labute approximate surface area is 196 Å². The molecule has 200 valence electrons. The Balaban J connectivity index is 1.72. The van der Waals surface area contributed by atoms with Crippen LogP contribution < -0.4 is 34.4 Å². The van der Waals surface area contributed by atoms with Crippen molar-refractivity contribution in [2.24, 2.45) is 34.4 Å². The Bertz CT molecular complexity index is 650. The Morgan fingerprint density at radius 1 is 0.529 bits per heavy atom. The molecule has 16 nitrogen and oxygen atoms in total. The van der Waals surface area contributed by atoms with Crippen LogP contribution in [0.5, 0.6) is 0 Å². The lowest BCUT2D eigenvalue weighted by molar-refractivity contribution is -0.341. The van der Waals surface area contributed by atoms with Gasteiger partial charge in [0.1, 0.15) is 54.9 Å². The van der Waals surface area contributed by atoms with Crippen LogP contribution in [0.15, 0.2) is 0 Å². The summed E-state index contributed by atoms with van der Waals surface area (Å²) < 4.78 is 28.3. The molecule has 3 heterocycles. The van der Waals surface area contributed by atoms with Crippen molar-refractivity contribution in [1.82, 2.24) is 0 Å². The average molecular weight is 499 g/mol. The lowest BCUT2D eigenvalue weighted by Crippen LogP contribution is -2.70. The van der Waals surface area contributed by atoms with Gasteiger partial charge in [-0.2, -0.15) is 0 Å². The first kappa shape index (κ1) is 27.9. The van der Waals surface area contributed by atoms with E-state index in [1.54, 1.807) is 0 Å². The number of nitrogens with two attached hydrogens (primary N) is 6. The number of hydrogen-bond donors (Lipinski definition) is 11. The Morgan fingerprint density at radius 2 is 0.941 bits per heavy atom. The zero-order valence-electron chi connectivity index (χ0n) is 18.5. The standard InChI is InChI=1S/C18H38N6O10/c19-1-4-10(25)11(26)8(23)17(31-4)34-15-6(3-21)32-18(9(24)13(15)28)33-14-5(2-20)30-16(29)7(22)12(14)27/h4-18,25-29H,1-3,19-24H2/t4?,5?,6?,7-,8-,9-,10+,11?,12?,13?,14+,15+,16-,17+,18+/m0/s1. The molecule has 0 spiro atoms. The van der Waals surface area contributed by atoms with Crippen LogP contribution in [0.1, 0.15) is 0 Å². The molecule has 3 aliphatic rings. The monoisotopic (exact) mass is 498 g/mol. The van der Waals surface area contributed by atoms with Gasteiger partial charge in [0, 0.05) is 19.6 Å². The first-order valence-electron chi connectivity index (χ1n) is 11.1. The predicted octanol–water partition coefficient (Wildman–Crippen LogP) is -7.77. The highest BCUT2D eigenvalue weighted by Crippen LogP contribution is 2.30. The van der Waals surface area contributed by atoms with Crippen molar-refractivity contribution >= 4 is 0 Å². The summed E-state index contributed by atoms with van der Waals surface area (Å²) in [5.74, 6) is 0. The van der Waals surface area contributed by atoms with Gasteiger partial charge < -0.3 is 83.6 Å². The molecule has 6 unspecified atom stereocenters. The minimum atomic E-state index is -1.45. The summed E-state index contributed by atoms with van der Waals surface area (Å²) in [4.78, 5) is 0. The van der Waals surface area contributed by atoms with Gasteiger partial charge in [0.2, 0.25) is 0 Å². The van der Waals surface area contributed by atoms with Gasteiger partial charge in [-0.1, -0.05) is 0 Å². The van der Waals surface area contributed by atoms with E-state index in [9.17, 15) is 25.5 Å². The van der Waals surface area contributed by atoms with E-state index in [-0.39, 0.29) is 19.6 Å². The fraction of sp³-hybridized carbons (Fsp3) is 1.00. The highest BCUT2D eigenvalue weighted by atomic mass is 16.7. The second-order valence-corrected chi connectivity index (χ2v) is 8.75. The van der Waals surface area contributed by atoms with Crippen LogP contribution in [-0.4, -0.2) is 137 Å². The maximum atomic E-state index is 10.9. The van der Waals surface area contributed by atoms with Crippen LogP contribution in [0.25, 0.3) is 0 Å². The molecule has 34 heavy (non-hydrogen) atoms. The molecule has 0 aromatic heterocycles. The molecule has 0 aromatic rings. The Hall–Kier alpha value is -0.640. The summed E-state index contributed by atoms with van der Waals surface area (Å²) in [6, 6.07) is -3.55. The number of ether oxygens (including phenoxy) is 5. The summed E-state index contributed by atoms with van der Waals surface area (Å²) in [6.07, 6.45) is -14.6. The molecule has 15 atom stereocenters. The molecular formula is C18H38N6O10. The number of hydrogen-bond acceptors (Lipinski definition) is 16. The molecular weight excluding hydrogens is 460 g/mol. The molecule has 17 N–H and O–H groups in total. The third-order valence-corrected chi connectivity index (χ3v) is 6.49. The van der Waals surface area contributed by atoms with Crippen molar-refractivity contribution in [3.8, 4) is 0 Å². The van der Waals surface area contributed by atoms with Crippen molar-refractivity contribution in [2.75, 3.05) is 19.6 Å². The maximum absolute atomic E-state index is 10.9. The zero-order valence-corrected chi connectivity index (χ0v) is 18.5. The van der Waals surface area contributed by atoms with Crippen LogP contribution in [0, 0.1) is 0 Å². The lowest BCUT2D eigenvalue weighted by Gasteiger charge is -2.48. The summed E-state index contributed by atoms with van der Waals surface area (Å²) in [7, 11) is 0. The third-order valence-electron chi connectivity index (χ3n) is 6.49. The van der Waals surface area contributed by atoms with Crippen LogP contribution in [0.4, 0.5) is 0 Å².